The van der Waals surface area contributed by atoms with Gasteiger partial charge in [0.15, 0.2) is 0 Å². The summed E-state index contributed by atoms with van der Waals surface area (Å²) in [5.41, 5.74) is 7.26. The first-order chi connectivity index (χ1) is 9.61. The third-order valence-corrected chi connectivity index (χ3v) is 3.31. The molecule has 20 heavy (non-hydrogen) atoms. The minimum absolute atomic E-state index is 0.469. The maximum Gasteiger partial charge on any atom is 0.323 e. The number of carbonyl (C=O) groups is 1. The Labute approximate surface area is 117 Å². The van der Waals surface area contributed by atoms with Gasteiger partial charge >= 0.3 is 5.97 Å². The fraction of sp³-hybridized carbons (Fsp3) is 0.188. The molecule has 2 aromatic carbocycles. The molecular formula is C16H17NO3. The van der Waals surface area contributed by atoms with Crippen molar-refractivity contribution in [3.05, 3.63) is 71.8 Å². The van der Waals surface area contributed by atoms with Crippen molar-refractivity contribution in [3.63, 3.8) is 0 Å². The van der Waals surface area contributed by atoms with E-state index >= 15 is 0 Å². The lowest BCUT2D eigenvalue weighted by Crippen LogP contribution is -2.45. The number of benzene rings is 2. The van der Waals surface area contributed by atoms with Gasteiger partial charge in [-0.25, -0.2) is 0 Å². The Morgan fingerprint density at radius 3 is 1.65 bits per heavy atom. The van der Waals surface area contributed by atoms with Crippen molar-refractivity contribution in [1.82, 2.24) is 0 Å². The van der Waals surface area contributed by atoms with E-state index in [0.717, 1.165) is 11.1 Å². The number of carboxylic acid groups (broad SMARTS) is 1. The van der Waals surface area contributed by atoms with Gasteiger partial charge in [0.1, 0.15) is 6.04 Å². The summed E-state index contributed by atoms with van der Waals surface area (Å²) in [6, 6.07) is 17.2. The first-order valence-electron chi connectivity index (χ1n) is 6.37. The van der Waals surface area contributed by atoms with E-state index in [1.54, 1.807) is 0 Å². The van der Waals surface area contributed by atoms with E-state index in [1.807, 2.05) is 60.7 Å². The van der Waals surface area contributed by atoms with E-state index in [2.05, 4.69) is 0 Å². The van der Waals surface area contributed by atoms with Crippen LogP contribution >= 0.6 is 0 Å². The normalized spacial score (nSPS) is 13.9. The molecule has 0 spiro atoms. The topological polar surface area (TPSA) is 83.6 Å². The number of hydrogen-bond donors (Lipinski definition) is 3. The monoisotopic (exact) mass is 271 g/mol. The standard InChI is InChI=1S/C16H17NO3/c17-14(16(19)20)15(18)13(11-7-3-1-4-8-11)12-9-5-2-6-10-12/h1-10,13-15,18H,17H2,(H,19,20). The molecule has 4 heteroatoms. The summed E-state index contributed by atoms with van der Waals surface area (Å²) in [7, 11) is 0. The molecule has 0 aliphatic heterocycles. The van der Waals surface area contributed by atoms with Crippen LogP contribution in [0.5, 0.6) is 0 Å². The molecule has 104 valence electrons. The Bertz CT molecular complexity index is 517. The molecule has 2 rings (SSSR count). The number of aliphatic carboxylic acids is 1. The molecule has 4 nitrogen and oxygen atoms in total. The summed E-state index contributed by atoms with van der Waals surface area (Å²) in [6.07, 6.45) is -1.20. The van der Waals surface area contributed by atoms with E-state index in [0.29, 0.717) is 0 Å². The molecule has 0 radical (unpaired) electrons. The van der Waals surface area contributed by atoms with E-state index < -0.39 is 24.0 Å². The van der Waals surface area contributed by atoms with E-state index in [1.165, 1.54) is 0 Å². The lowest BCUT2D eigenvalue weighted by molar-refractivity contribution is -0.141. The highest BCUT2D eigenvalue weighted by molar-refractivity contribution is 5.74. The van der Waals surface area contributed by atoms with Gasteiger partial charge in [0.05, 0.1) is 6.10 Å². The average molecular weight is 271 g/mol. The lowest BCUT2D eigenvalue weighted by Gasteiger charge is -2.26. The Morgan fingerprint density at radius 2 is 1.30 bits per heavy atom. The van der Waals surface area contributed by atoms with Gasteiger partial charge < -0.3 is 15.9 Å². The quantitative estimate of drug-likeness (QED) is 0.771. The van der Waals surface area contributed by atoms with Crippen LogP contribution in [0.3, 0.4) is 0 Å². The van der Waals surface area contributed by atoms with Gasteiger partial charge in [-0.05, 0) is 11.1 Å². The third-order valence-electron chi connectivity index (χ3n) is 3.31. The van der Waals surface area contributed by atoms with Crippen molar-refractivity contribution in [1.29, 1.82) is 0 Å². The zero-order valence-corrected chi connectivity index (χ0v) is 10.9. The van der Waals surface area contributed by atoms with E-state index in [4.69, 9.17) is 10.8 Å². The third kappa shape index (κ3) is 3.04. The molecule has 2 atom stereocenters. The molecule has 0 bridgehead atoms. The van der Waals surface area contributed by atoms with Crippen LogP contribution in [-0.4, -0.2) is 28.3 Å². The fourth-order valence-electron chi connectivity index (χ4n) is 2.26. The highest BCUT2D eigenvalue weighted by Crippen LogP contribution is 2.29. The van der Waals surface area contributed by atoms with Crippen molar-refractivity contribution in [2.75, 3.05) is 0 Å². The van der Waals surface area contributed by atoms with E-state index in [-0.39, 0.29) is 0 Å². The molecule has 2 aromatic rings. The zero-order chi connectivity index (χ0) is 14.5. The second-order valence-electron chi connectivity index (χ2n) is 4.65. The van der Waals surface area contributed by atoms with Crippen molar-refractivity contribution in [3.8, 4) is 0 Å². The number of nitrogens with two attached hydrogens (primary N) is 1. The molecule has 4 N–H and O–H groups in total. The van der Waals surface area contributed by atoms with Crippen LogP contribution in [0.25, 0.3) is 0 Å². The number of rotatable bonds is 5. The maximum atomic E-state index is 11.0. The predicted octanol–water partition coefficient (Wildman–Crippen LogP) is 1.59. The summed E-state index contributed by atoms with van der Waals surface area (Å²) < 4.78 is 0. The van der Waals surface area contributed by atoms with Crippen LogP contribution in [0.2, 0.25) is 0 Å². The first-order valence-corrected chi connectivity index (χ1v) is 6.37. The Morgan fingerprint density at radius 1 is 0.900 bits per heavy atom. The molecule has 0 heterocycles. The van der Waals surface area contributed by atoms with Crippen LogP contribution in [0.1, 0.15) is 17.0 Å². The molecule has 0 aromatic heterocycles. The fourth-order valence-corrected chi connectivity index (χ4v) is 2.26. The molecule has 0 aliphatic carbocycles. The van der Waals surface area contributed by atoms with Crippen LogP contribution < -0.4 is 5.73 Å². The van der Waals surface area contributed by atoms with Gasteiger partial charge in [-0.15, -0.1) is 0 Å². The molecule has 0 aliphatic rings. The van der Waals surface area contributed by atoms with Crippen LogP contribution in [-0.2, 0) is 4.79 Å². The number of aliphatic hydroxyl groups is 1. The highest BCUT2D eigenvalue weighted by atomic mass is 16.4. The summed E-state index contributed by atoms with van der Waals surface area (Å²) in [6.45, 7) is 0. The highest BCUT2D eigenvalue weighted by Gasteiger charge is 2.31. The van der Waals surface area contributed by atoms with Gasteiger partial charge in [0.25, 0.3) is 0 Å². The predicted molar refractivity (Wildman–Crippen MR) is 76.3 cm³/mol. The minimum Gasteiger partial charge on any atom is -0.480 e. The Balaban J connectivity index is 2.43. The summed E-state index contributed by atoms with van der Waals surface area (Å²) in [5, 5.41) is 19.4. The average Bonchev–Trinajstić information content (AvgIpc) is 2.48. The molecule has 2 unspecified atom stereocenters. The first kappa shape index (κ1) is 14.2. The molecule has 0 saturated heterocycles. The van der Waals surface area contributed by atoms with Crippen LogP contribution in [0, 0.1) is 0 Å². The molecule has 0 amide bonds. The number of carboxylic acids is 1. The van der Waals surface area contributed by atoms with Crippen molar-refractivity contribution in [2.24, 2.45) is 5.73 Å². The van der Waals surface area contributed by atoms with Gasteiger partial charge in [-0.3, -0.25) is 4.79 Å². The molecule has 0 saturated carbocycles. The van der Waals surface area contributed by atoms with E-state index in [9.17, 15) is 9.90 Å². The van der Waals surface area contributed by atoms with Gasteiger partial charge in [0.2, 0.25) is 0 Å². The van der Waals surface area contributed by atoms with Gasteiger partial charge in [-0.1, -0.05) is 60.7 Å². The second-order valence-corrected chi connectivity index (χ2v) is 4.65. The lowest BCUT2D eigenvalue weighted by atomic mass is 9.84. The number of hydrogen-bond acceptors (Lipinski definition) is 3. The Kier molecular flexibility index (Phi) is 4.50. The largest absolute Gasteiger partial charge is 0.480 e. The van der Waals surface area contributed by atoms with Gasteiger partial charge in [0, 0.05) is 5.92 Å². The summed E-state index contributed by atoms with van der Waals surface area (Å²) >= 11 is 0. The maximum absolute atomic E-state index is 11.0. The number of aliphatic hydroxyl groups excluding tert-OH is 1. The molecule has 0 fully saturated rings. The molecular weight excluding hydrogens is 254 g/mol. The minimum atomic E-state index is -1.33. The zero-order valence-electron chi connectivity index (χ0n) is 10.9. The van der Waals surface area contributed by atoms with Crippen LogP contribution in [0.4, 0.5) is 0 Å². The second kappa shape index (κ2) is 6.32. The van der Waals surface area contributed by atoms with Crippen molar-refractivity contribution >= 4 is 5.97 Å². The SMILES string of the molecule is NC(C(=O)O)C(O)C(c1ccccc1)c1ccccc1. The summed E-state index contributed by atoms with van der Waals surface area (Å²) in [5.74, 6) is -1.68. The summed E-state index contributed by atoms with van der Waals surface area (Å²) in [4.78, 5) is 11.0. The van der Waals surface area contributed by atoms with Crippen molar-refractivity contribution < 1.29 is 15.0 Å². The smallest absolute Gasteiger partial charge is 0.323 e. The van der Waals surface area contributed by atoms with Crippen molar-refractivity contribution in [2.45, 2.75) is 18.1 Å². The Hall–Kier alpha value is -2.17. The van der Waals surface area contributed by atoms with Gasteiger partial charge in [-0.2, -0.15) is 0 Å². The van der Waals surface area contributed by atoms with Crippen LogP contribution in [0.15, 0.2) is 60.7 Å².